The first-order valence-electron chi connectivity index (χ1n) is 7.06. The van der Waals surface area contributed by atoms with Gasteiger partial charge in [0.05, 0.1) is 13.2 Å². The predicted molar refractivity (Wildman–Crippen MR) is 82.2 cm³/mol. The SMILES string of the molecule is O=C1CC(Br)CN1c1cccc(CN2CCOCC2)c1. The van der Waals surface area contributed by atoms with Crippen LogP contribution in [0.25, 0.3) is 0 Å². The van der Waals surface area contributed by atoms with Gasteiger partial charge in [-0.05, 0) is 17.7 Å². The molecule has 1 atom stereocenters. The van der Waals surface area contributed by atoms with Gasteiger partial charge in [-0.25, -0.2) is 0 Å². The molecule has 20 heavy (non-hydrogen) atoms. The van der Waals surface area contributed by atoms with Gasteiger partial charge in [0.25, 0.3) is 0 Å². The van der Waals surface area contributed by atoms with Crippen molar-refractivity contribution < 1.29 is 9.53 Å². The molecule has 2 heterocycles. The van der Waals surface area contributed by atoms with E-state index in [9.17, 15) is 4.79 Å². The van der Waals surface area contributed by atoms with E-state index in [4.69, 9.17) is 4.74 Å². The normalized spacial score (nSPS) is 24.4. The van der Waals surface area contributed by atoms with E-state index in [1.54, 1.807) is 0 Å². The monoisotopic (exact) mass is 338 g/mol. The van der Waals surface area contributed by atoms with Crippen LogP contribution >= 0.6 is 15.9 Å². The van der Waals surface area contributed by atoms with Gasteiger partial charge in [-0.1, -0.05) is 28.1 Å². The van der Waals surface area contributed by atoms with Crippen LogP contribution in [0, 0.1) is 0 Å². The third kappa shape index (κ3) is 3.22. The number of carbonyl (C=O) groups excluding carboxylic acids is 1. The van der Waals surface area contributed by atoms with Crippen LogP contribution in [0.2, 0.25) is 0 Å². The molecule has 1 aromatic carbocycles. The number of rotatable bonds is 3. The number of alkyl halides is 1. The van der Waals surface area contributed by atoms with Crippen LogP contribution in [-0.4, -0.2) is 48.5 Å². The fourth-order valence-electron chi connectivity index (χ4n) is 2.75. The third-order valence-electron chi connectivity index (χ3n) is 3.81. The standard InChI is InChI=1S/C15H19BrN2O2/c16-13-9-15(19)18(11-13)14-3-1-2-12(8-14)10-17-4-6-20-7-5-17/h1-3,8,13H,4-7,9-11H2. The summed E-state index contributed by atoms with van der Waals surface area (Å²) in [4.78, 5) is 16.5. The molecular formula is C15H19BrN2O2. The minimum Gasteiger partial charge on any atom is -0.379 e. The molecule has 0 spiro atoms. The Morgan fingerprint density at radius 3 is 2.80 bits per heavy atom. The largest absolute Gasteiger partial charge is 0.379 e. The molecule has 1 aromatic rings. The van der Waals surface area contributed by atoms with Crippen molar-refractivity contribution in [3.8, 4) is 0 Å². The number of benzene rings is 1. The molecule has 0 aliphatic carbocycles. The smallest absolute Gasteiger partial charge is 0.228 e. The number of hydrogen-bond donors (Lipinski definition) is 0. The highest BCUT2D eigenvalue weighted by Gasteiger charge is 2.28. The van der Waals surface area contributed by atoms with Gasteiger partial charge in [0.2, 0.25) is 5.91 Å². The summed E-state index contributed by atoms with van der Waals surface area (Å²) in [7, 11) is 0. The summed E-state index contributed by atoms with van der Waals surface area (Å²) in [5.74, 6) is 0.204. The molecular weight excluding hydrogens is 320 g/mol. The molecule has 2 fully saturated rings. The summed E-state index contributed by atoms with van der Waals surface area (Å²) < 4.78 is 5.37. The Kier molecular flexibility index (Phi) is 4.38. The summed E-state index contributed by atoms with van der Waals surface area (Å²) in [6.45, 7) is 5.29. The van der Waals surface area contributed by atoms with E-state index >= 15 is 0 Å². The lowest BCUT2D eigenvalue weighted by atomic mass is 10.1. The summed E-state index contributed by atoms with van der Waals surface area (Å²) in [5.41, 5.74) is 2.28. The molecule has 1 unspecified atom stereocenters. The van der Waals surface area contributed by atoms with Gasteiger partial charge < -0.3 is 9.64 Å². The molecule has 0 radical (unpaired) electrons. The van der Waals surface area contributed by atoms with Gasteiger partial charge in [0.1, 0.15) is 0 Å². The molecule has 0 N–H and O–H groups in total. The summed E-state index contributed by atoms with van der Waals surface area (Å²) in [6.07, 6.45) is 0.591. The number of amides is 1. The molecule has 3 rings (SSSR count). The van der Waals surface area contributed by atoms with Crippen LogP contribution in [0.3, 0.4) is 0 Å². The number of hydrogen-bond acceptors (Lipinski definition) is 3. The van der Waals surface area contributed by atoms with Gasteiger partial charge in [-0.3, -0.25) is 9.69 Å². The number of halogens is 1. The van der Waals surface area contributed by atoms with E-state index < -0.39 is 0 Å². The molecule has 0 saturated carbocycles. The van der Waals surface area contributed by atoms with Crippen molar-refractivity contribution >= 4 is 27.5 Å². The topological polar surface area (TPSA) is 32.8 Å². The number of ether oxygens (including phenoxy) is 1. The van der Waals surface area contributed by atoms with Gasteiger partial charge in [0, 0.05) is 43.1 Å². The molecule has 2 saturated heterocycles. The second-order valence-corrected chi connectivity index (χ2v) is 6.66. The highest BCUT2D eigenvalue weighted by molar-refractivity contribution is 9.09. The van der Waals surface area contributed by atoms with Crippen molar-refractivity contribution in [2.45, 2.75) is 17.8 Å². The summed E-state index contributed by atoms with van der Waals surface area (Å²) in [5, 5.41) is 0. The van der Waals surface area contributed by atoms with Crippen LogP contribution in [0.1, 0.15) is 12.0 Å². The number of morpholine rings is 1. The Labute approximate surface area is 127 Å². The minimum absolute atomic E-state index is 0.204. The van der Waals surface area contributed by atoms with Crippen LogP contribution in [-0.2, 0) is 16.1 Å². The third-order valence-corrected chi connectivity index (χ3v) is 4.42. The lowest BCUT2D eigenvalue weighted by Crippen LogP contribution is -2.35. The zero-order chi connectivity index (χ0) is 13.9. The van der Waals surface area contributed by atoms with Crippen molar-refractivity contribution in [1.29, 1.82) is 0 Å². The van der Waals surface area contributed by atoms with E-state index in [-0.39, 0.29) is 10.7 Å². The zero-order valence-corrected chi connectivity index (χ0v) is 13.0. The maximum Gasteiger partial charge on any atom is 0.228 e. The van der Waals surface area contributed by atoms with Crippen LogP contribution in [0.5, 0.6) is 0 Å². The molecule has 1 amide bonds. The van der Waals surface area contributed by atoms with E-state index in [1.165, 1.54) is 5.56 Å². The first kappa shape index (κ1) is 14.0. The van der Waals surface area contributed by atoms with Gasteiger partial charge >= 0.3 is 0 Å². The number of anilines is 1. The number of carbonyl (C=O) groups is 1. The molecule has 2 aliphatic rings. The van der Waals surface area contributed by atoms with Crippen molar-refractivity contribution in [3.05, 3.63) is 29.8 Å². The Hall–Kier alpha value is -0.910. The average molecular weight is 339 g/mol. The quantitative estimate of drug-likeness (QED) is 0.790. The van der Waals surface area contributed by atoms with Crippen molar-refractivity contribution in [2.24, 2.45) is 0 Å². The molecule has 108 valence electrons. The summed E-state index contributed by atoms with van der Waals surface area (Å²) in [6, 6.07) is 8.33. The lowest BCUT2D eigenvalue weighted by Gasteiger charge is -2.27. The first-order valence-corrected chi connectivity index (χ1v) is 7.97. The zero-order valence-electron chi connectivity index (χ0n) is 11.4. The van der Waals surface area contributed by atoms with Crippen molar-refractivity contribution in [1.82, 2.24) is 4.90 Å². The second kappa shape index (κ2) is 6.24. The Bertz CT molecular complexity index is 489. The maximum atomic E-state index is 12.0. The Morgan fingerprint density at radius 2 is 2.10 bits per heavy atom. The molecule has 5 heteroatoms. The van der Waals surface area contributed by atoms with E-state index in [0.717, 1.165) is 45.1 Å². The van der Waals surface area contributed by atoms with Crippen LogP contribution < -0.4 is 4.90 Å². The van der Waals surface area contributed by atoms with Crippen LogP contribution in [0.15, 0.2) is 24.3 Å². The number of nitrogens with zero attached hydrogens (tertiary/aromatic N) is 2. The highest BCUT2D eigenvalue weighted by atomic mass is 79.9. The average Bonchev–Trinajstić information content (AvgIpc) is 2.79. The Morgan fingerprint density at radius 1 is 1.30 bits per heavy atom. The minimum atomic E-state index is 0.204. The van der Waals surface area contributed by atoms with Crippen molar-refractivity contribution in [3.63, 3.8) is 0 Å². The van der Waals surface area contributed by atoms with Gasteiger partial charge in [-0.15, -0.1) is 0 Å². The Balaban J connectivity index is 1.70. The molecule has 4 nitrogen and oxygen atoms in total. The van der Waals surface area contributed by atoms with Gasteiger partial charge in [-0.2, -0.15) is 0 Å². The van der Waals surface area contributed by atoms with E-state index in [0.29, 0.717) is 6.42 Å². The van der Waals surface area contributed by atoms with Crippen molar-refractivity contribution in [2.75, 3.05) is 37.7 Å². The van der Waals surface area contributed by atoms with E-state index in [1.807, 2.05) is 17.0 Å². The molecule has 2 aliphatic heterocycles. The first-order chi connectivity index (χ1) is 9.72. The van der Waals surface area contributed by atoms with E-state index in [2.05, 4.69) is 33.0 Å². The predicted octanol–water partition coefficient (Wildman–Crippen LogP) is 2.02. The fourth-order valence-corrected chi connectivity index (χ4v) is 3.32. The summed E-state index contributed by atoms with van der Waals surface area (Å²) >= 11 is 3.53. The fraction of sp³-hybridized carbons (Fsp3) is 0.533. The van der Waals surface area contributed by atoms with Crippen LogP contribution in [0.4, 0.5) is 5.69 Å². The second-order valence-electron chi connectivity index (χ2n) is 5.36. The molecule has 0 bridgehead atoms. The lowest BCUT2D eigenvalue weighted by molar-refractivity contribution is -0.117. The highest BCUT2D eigenvalue weighted by Crippen LogP contribution is 2.26. The van der Waals surface area contributed by atoms with Gasteiger partial charge in [0.15, 0.2) is 0 Å². The molecule has 0 aromatic heterocycles. The maximum absolute atomic E-state index is 12.0.